The van der Waals surface area contributed by atoms with Crippen molar-refractivity contribution in [2.24, 2.45) is 0 Å². The van der Waals surface area contributed by atoms with Gasteiger partial charge in [-0.2, -0.15) is 13.2 Å². The number of rotatable bonds is 7. The lowest BCUT2D eigenvalue weighted by Crippen LogP contribution is -2.18. The molecule has 3 rings (SSSR count). The number of nitro groups is 1. The minimum absolute atomic E-state index is 0.0972. The quantitative estimate of drug-likeness (QED) is 0.319. The molecule has 0 unspecified atom stereocenters. The van der Waals surface area contributed by atoms with Gasteiger partial charge in [0.2, 0.25) is 5.91 Å². The molecule has 2 aromatic carbocycles. The van der Waals surface area contributed by atoms with Crippen LogP contribution in [-0.4, -0.2) is 31.3 Å². The van der Waals surface area contributed by atoms with Crippen molar-refractivity contribution in [2.75, 3.05) is 11.1 Å². The van der Waals surface area contributed by atoms with Crippen LogP contribution in [0, 0.1) is 10.1 Å². The topological polar surface area (TPSA) is 103 Å². The van der Waals surface area contributed by atoms with Crippen molar-refractivity contribution < 1.29 is 22.9 Å². The number of anilines is 1. The highest BCUT2D eigenvalue weighted by atomic mass is 32.2. The Kier molecular flexibility index (Phi) is 6.59. The second-order valence-corrected chi connectivity index (χ2v) is 7.18. The maximum absolute atomic E-state index is 13.1. The molecule has 0 atom stereocenters. The Morgan fingerprint density at radius 3 is 2.61 bits per heavy atom. The van der Waals surface area contributed by atoms with E-state index in [9.17, 15) is 28.1 Å². The molecule has 0 aliphatic rings. The van der Waals surface area contributed by atoms with Gasteiger partial charge in [0.1, 0.15) is 0 Å². The smallest absolute Gasteiger partial charge is 0.325 e. The number of hydrogen-bond donors (Lipinski definition) is 1. The average molecular weight is 451 g/mol. The molecule has 0 fully saturated rings. The first-order chi connectivity index (χ1) is 14.7. The van der Waals surface area contributed by atoms with E-state index in [-0.39, 0.29) is 17.1 Å². The van der Waals surface area contributed by atoms with Gasteiger partial charge in [-0.3, -0.25) is 14.9 Å². The number of nitrogens with one attached hydrogen (secondary N) is 1. The molecular formula is C19H16F3N5O3S. The zero-order valence-electron chi connectivity index (χ0n) is 16.1. The molecule has 31 heavy (non-hydrogen) atoms. The summed E-state index contributed by atoms with van der Waals surface area (Å²) in [6.07, 6.45) is -4.59. The molecule has 12 heteroatoms. The van der Waals surface area contributed by atoms with Gasteiger partial charge < -0.3 is 9.88 Å². The van der Waals surface area contributed by atoms with Crippen molar-refractivity contribution in [1.82, 2.24) is 14.8 Å². The standard InChI is InChI=1S/C19H16F3N5O3S/c1-2-26-17(12-6-5-7-13(10-12)27(29)30)24-25-18(26)31-11-16(28)23-15-9-4-3-8-14(15)19(20,21)22/h3-10H,2,11H2,1H3,(H,23,28). The van der Waals surface area contributed by atoms with Gasteiger partial charge in [-0.25, -0.2) is 0 Å². The van der Waals surface area contributed by atoms with Gasteiger partial charge in [0.05, 0.1) is 21.9 Å². The molecule has 8 nitrogen and oxygen atoms in total. The normalized spacial score (nSPS) is 11.4. The second kappa shape index (κ2) is 9.16. The van der Waals surface area contributed by atoms with Crippen molar-refractivity contribution >= 4 is 29.0 Å². The first kappa shape index (κ1) is 22.3. The summed E-state index contributed by atoms with van der Waals surface area (Å²) in [5, 5.41) is 21.7. The number of benzene rings is 2. The Bertz CT molecular complexity index is 1120. The third kappa shape index (κ3) is 5.20. The van der Waals surface area contributed by atoms with Crippen molar-refractivity contribution in [3.8, 4) is 11.4 Å². The number of carbonyl (C=O) groups excluding carboxylic acids is 1. The number of para-hydroxylation sites is 1. The maximum atomic E-state index is 13.1. The highest BCUT2D eigenvalue weighted by Gasteiger charge is 2.33. The molecule has 0 saturated carbocycles. The summed E-state index contributed by atoms with van der Waals surface area (Å²) in [4.78, 5) is 22.7. The Morgan fingerprint density at radius 1 is 1.19 bits per heavy atom. The molecule has 1 heterocycles. The van der Waals surface area contributed by atoms with E-state index in [1.807, 2.05) is 6.92 Å². The number of halogens is 3. The largest absolute Gasteiger partial charge is 0.418 e. The van der Waals surface area contributed by atoms with E-state index >= 15 is 0 Å². The van der Waals surface area contributed by atoms with E-state index in [0.717, 1.165) is 17.8 Å². The predicted molar refractivity (Wildman–Crippen MR) is 109 cm³/mol. The number of carbonyl (C=O) groups is 1. The molecule has 0 bridgehead atoms. The van der Waals surface area contributed by atoms with Crippen LogP contribution < -0.4 is 5.32 Å². The molecule has 0 aliphatic carbocycles. The molecule has 1 amide bonds. The molecule has 0 radical (unpaired) electrons. The van der Waals surface area contributed by atoms with E-state index in [0.29, 0.717) is 23.1 Å². The average Bonchev–Trinajstić information content (AvgIpc) is 3.15. The SMILES string of the molecule is CCn1c(SCC(=O)Nc2ccccc2C(F)(F)F)nnc1-c1cccc([N+](=O)[O-])c1. The number of amides is 1. The van der Waals surface area contributed by atoms with Crippen molar-refractivity contribution in [1.29, 1.82) is 0 Å². The summed E-state index contributed by atoms with van der Waals surface area (Å²) in [6, 6.07) is 10.6. The Labute approximate surface area is 178 Å². The van der Waals surface area contributed by atoms with Crippen LogP contribution in [0.1, 0.15) is 12.5 Å². The summed E-state index contributed by atoms with van der Waals surface area (Å²) in [6.45, 7) is 2.24. The number of aromatic nitrogens is 3. The Hall–Kier alpha value is -3.41. The van der Waals surface area contributed by atoms with Crippen LogP contribution in [0.3, 0.4) is 0 Å². The molecule has 0 spiro atoms. The lowest BCUT2D eigenvalue weighted by molar-refractivity contribution is -0.384. The van der Waals surface area contributed by atoms with Gasteiger partial charge in [-0.05, 0) is 19.1 Å². The van der Waals surface area contributed by atoms with Crippen molar-refractivity contribution in [3.05, 3.63) is 64.2 Å². The first-order valence-electron chi connectivity index (χ1n) is 8.97. The van der Waals surface area contributed by atoms with Crippen LogP contribution >= 0.6 is 11.8 Å². The van der Waals surface area contributed by atoms with E-state index in [4.69, 9.17) is 0 Å². The molecule has 0 aliphatic heterocycles. The fraction of sp³-hybridized carbons (Fsp3) is 0.211. The number of non-ortho nitro benzene ring substituents is 1. The third-order valence-electron chi connectivity index (χ3n) is 4.19. The second-order valence-electron chi connectivity index (χ2n) is 6.24. The number of nitro benzene ring substituents is 1. The zero-order valence-corrected chi connectivity index (χ0v) is 16.9. The number of thioether (sulfide) groups is 1. The van der Waals surface area contributed by atoms with E-state index in [1.165, 1.54) is 36.4 Å². The van der Waals surface area contributed by atoms with Crippen LogP contribution in [-0.2, 0) is 17.5 Å². The fourth-order valence-electron chi connectivity index (χ4n) is 2.81. The van der Waals surface area contributed by atoms with E-state index < -0.39 is 22.6 Å². The highest BCUT2D eigenvalue weighted by Crippen LogP contribution is 2.34. The van der Waals surface area contributed by atoms with Gasteiger partial charge in [0.15, 0.2) is 11.0 Å². The van der Waals surface area contributed by atoms with Crippen molar-refractivity contribution in [3.63, 3.8) is 0 Å². The minimum atomic E-state index is -4.59. The van der Waals surface area contributed by atoms with Gasteiger partial charge in [0.25, 0.3) is 5.69 Å². The Balaban J connectivity index is 1.74. The van der Waals surface area contributed by atoms with Gasteiger partial charge in [-0.1, -0.05) is 36.0 Å². The lowest BCUT2D eigenvalue weighted by atomic mass is 10.1. The van der Waals surface area contributed by atoms with Crippen LogP contribution in [0.5, 0.6) is 0 Å². The van der Waals surface area contributed by atoms with Crippen LogP contribution in [0.25, 0.3) is 11.4 Å². The van der Waals surface area contributed by atoms with Gasteiger partial charge in [0, 0.05) is 24.2 Å². The molecule has 1 N–H and O–H groups in total. The number of nitrogens with zero attached hydrogens (tertiary/aromatic N) is 4. The summed E-state index contributed by atoms with van der Waals surface area (Å²) in [7, 11) is 0. The molecular weight excluding hydrogens is 435 g/mol. The third-order valence-corrected chi connectivity index (χ3v) is 5.15. The predicted octanol–water partition coefficient (Wildman–Crippen LogP) is 4.62. The minimum Gasteiger partial charge on any atom is -0.325 e. The highest BCUT2D eigenvalue weighted by molar-refractivity contribution is 7.99. The first-order valence-corrected chi connectivity index (χ1v) is 9.96. The van der Waals surface area contributed by atoms with Crippen molar-refractivity contribution in [2.45, 2.75) is 24.8 Å². The van der Waals surface area contributed by atoms with E-state index in [1.54, 1.807) is 10.6 Å². The summed E-state index contributed by atoms with van der Waals surface area (Å²) in [5.74, 6) is -0.444. The van der Waals surface area contributed by atoms with Crippen LogP contribution in [0.15, 0.2) is 53.7 Å². The maximum Gasteiger partial charge on any atom is 0.418 e. The number of hydrogen-bond acceptors (Lipinski definition) is 6. The van der Waals surface area contributed by atoms with Gasteiger partial charge >= 0.3 is 6.18 Å². The van der Waals surface area contributed by atoms with Crippen LogP contribution in [0.2, 0.25) is 0 Å². The number of alkyl halides is 3. The van der Waals surface area contributed by atoms with Crippen LogP contribution in [0.4, 0.5) is 24.5 Å². The summed E-state index contributed by atoms with van der Waals surface area (Å²) in [5.41, 5.74) is -0.869. The Morgan fingerprint density at radius 2 is 1.94 bits per heavy atom. The summed E-state index contributed by atoms with van der Waals surface area (Å²) < 4.78 is 40.9. The monoisotopic (exact) mass is 451 g/mol. The molecule has 1 aromatic heterocycles. The van der Waals surface area contributed by atoms with E-state index in [2.05, 4.69) is 15.5 Å². The fourth-order valence-corrected chi connectivity index (χ4v) is 3.61. The molecule has 162 valence electrons. The molecule has 0 saturated heterocycles. The summed E-state index contributed by atoms with van der Waals surface area (Å²) >= 11 is 1.00. The zero-order chi connectivity index (χ0) is 22.6. The van der Waals surface area contributed by atoms with Gasteiger partial charge in [-0.15, -0.1) is 10.2 Å². The molecule has 3 aromatic rings. The lowest BCUT2D eigenvalue weighted by Gasteiger charge is -2.13.